The van der Waals surface area contributed by atoms with Gasteiger partial charge in [-0.1, -0.05) is 53.7 Å². The molecule has 0 saturated carbocycles. The van der Waals surface area contributed by atoms with Crippen molar-refractivity contribution in [3.8, 4) is 17.3 Å². The molecule has 1 N–H and O–H groups in total. The highest BCUT2D eigenvalue weighted by atomic mass is 16.6. The van der Waals surface area contributed by atoms with Gasteiger partial charge in [0.25, 0.3) is 0 Å². The molecule has 2 aromatic carbocycles. The highest BCUT2D eigenvalue weighted by Gasteiger charge is 2.12. The summed E-state index contributed by atoms with van der Waals surface area (Å²) in [5, 5.41) is 13.2. The van der Waals surface area contributed by atoms with E-state index in [4.69, 9.17) is 19.1 Å². The Kier molecular flexibility index (Phi) is 7.85. The minimum atomic E-state index is -0.884. The second-order valence-corrected chi connectivity index (χ2v) is 7.75. The maximum absolute atomic E-state index is 11.0. The summed E-state index contributed by atoms with van der Waals surface area (Å²) in [5.41, 5.74) is 3.83. The number of carboxylic acid groups (broad SMARTS) is 1. The summed E-state index contributed by atoms with van der Waals surface area (Å²) in [7, 11) is 0. The van der Waals surface area contributed by atoms with Gasteiger partial charge in [-0.25, -0.2) is 9.97 Å². The Hall–Kier alpha value is -4.46. The topological polar surface area (TPSA) is 107 Å². The number of carboxylic acids is 1. The zero-order chi connectivity index (χ0) is 24.5. The molecule has 0 amide bonds. The first kappa shape index (κ1) is 23.7. The smallest absolute Gasteiger partial charge is 0.303 e. The number of pyridine rings is 1. The van der Waals surface area contributed by atoms with Gasteiger partial charge in [-0.3, -0.25) is 4.79 Å². The van der Waals surface area contributed by atoms with Crippen LogP contribution in [0.5, 0.6) is 5.88 Å². The summed E-state index contributed by atoms with van der Waals surface area (Å²) in [5.74, 6) is 0.822. The van der Waals surface area contributed by atoms with Gasteiger partial charge in [0.2, 0.25) is 11.8 Å². The summed E-state index contributed by atoms with van der Waals surface area (Å²) in [6.45, 7) is 2.28. The van der Waals surface area contributed by atoms with Crippen LogP contribution in [-0.2, 0) is 22.8 Å². The molecule has 0 saturated heterocycles. The first-order valence-electron chi connectivity index (χ1n) is 11.1. The average molecular weight is 472 g/mol. The van der Waals surface area contributed by atoms with Crippen molar-refractivity contribution in [2.24, 2.45) is 5.16 Å². The van der Waals surface area contributed by atoms with E-state index in [2.05, 4.69) is 15.1 Å². The summed E-state index contributed by atoms with van der Waals surface area (Å²) in [6.07, 6.45) is 1.90. The monoisotopic (exact) mass is 471 g/mol. The van der Waals surface area contributed by atoms with Crippen LogP contribution < -0.4 is 4.74 Å². The summed E-state index contributed by atoms with van der Waals surface area (Å²) < 4.78 is 11.5. The van der Waals surface area contributed by atoms with Gasteiger partial charge in [0.05, 0.1) is 12.1 Å². The fraction of sp³-hybridized carbons (Fsp3) is 0.185. The number of hydrogen-bond acceptors (Lipinski definition) is 7. The van der Waals surface area contributed by atoms with E-state index in [1.165, 1.54) is 0 Å². The summed E-state index contributed by atoms with van der Waals surface area (Å²) >= 11 is 0. The van der Waals surface area contributed by atoms with Crippen LogP contribution in [-0.4, -0.2) is 26.8 Å². The van der Waals surface area contributed by atoms with Crippen LogP contribution in [0.4, 0.5) is 0 Å². The van der Waals surface area contributed by atoms with Crippen molar-refractivity contribution in [1.82, 2.24) is 9.97 Å². The van der Waals surface area contributed by atoms with Crippen LogP contribution in [0, 0.1) is 6.92 Å². The van der Waals surface area contributed by atoms with Crippen LogP contribution in [0.25, 0.3) is 11.5 Å². The lowest BCUT2D eigenvalue weighted by atomic mass is 10.1. The van der Waals surface area contributed by atoms with Gasteiger partial charge >= 0.3 is 5.97 Å². The van der Waals surface area contributed by atoms with Crippen LogP contribution in [0.3, 0.4) is 0 Å². The number of oxime groups is 1. The number of hydrogen-bond donors (Lipinski definition) is 1. The predicted octanol–water partition coefficient (Wildman–Crippen LogP) is 5.41. The van der Waals surface area contributed by atoms with Crippen molar-refractivity contribution in [2.45, 2.75) is 33.0 Å². The first-order valence-corrected chi connectivity index (χ1v) is 11.1. The molecule has 0 unspecified atom stereocenters. The van der Waals surface area contributed by atoms with E-state index >= 15 is 0 Å². The number of carbonyl (C=O) groups is 1. The fourth-order valence-electron chi connectivity index (χ4n) is 3.27. The standard InChI is InChI=1S/C27H25N3O5/c1-19-24(29-27(35-19)22-10-6-3-7-11-22)18-33-25-14-12-20(16-28-25)17-34-30-23(13-15-26(31)32)21-8-4-2-5-9-21/h2-12,14,16H,13,15,17-18H2,1H3,(H,31,32)/b30-23+. The molecular formula is C27H25N3O5. The summed E-state index contributed by atoms with van der Waals surface area (Å²) in [4.78, 5) is 25.3. The van der Waals surface area contributed by atoms with Crippen molar-refractivity contribution in [1.29, 1.82) is 0 Å². The van der Waals surface area contributed by atoms with Crippen molar-refractivity contribution in [3.05, 3.63) is 102 Å². The van der Waals surface area contributed by atoms with Gasteiger partial charge in [-0.2, -0.15) is 0 Å². The molecule has 8 nitrogen and oxygen atoms in total. The van der Waals surface area contributed by atoms with Crippen molar-refractivity contribution in [3.63, 3.8) is 0 Å². The zero-order valence-electron chi connectivity index (χ0n) is 19.3. The SMILES string of the molecule is Cc1oc(-c2ccccc2)nc1COc1ccc(CO/N=C(\CCC(=O)O)c2ccccc2)cn1. The maximum Gasteiger partial charge on any atom is 0.303 e. The second kappa shape index (κ2) is 11.6. The van der Waals surface area contributed by atoms with Gasteiger partial charge in [-0.05, 0) is 30.7 Å². The highest BCUT2D eigenvalue weighted by molar-refractivity contribution is 6.01. The number of aryl methyl sites for hydroxylation is 1. The van der Waals surface area contributed by atoms with Gasteiger partial charge in [0, 0.05) is 29.8 Å². The van der Waals surface area contributed by atoms with Crippen molar-refractivity contribution < 1.29 is 23.9 Å². The molecule has 8 heteroatoms. The molecule has 0 spiro atoms. The van der Waals surface area contributed by atoms with Crippen molar-refractivity contribution in [2.75, 3.05) is 0 Å². The third-order valence-electron chi connectivity index (χ3n) is 5.16. The number of ether oxygens (including phenoxy) is 1. The second-order valence-electron chi connectivity index (χ2n) is 7.75. The maximum atomic E-state index is 11.0. The Bertz CT molecular complexity index is 1270. The molecule has 0 aliphatic rings. The molecular weight excluding hydrogens is 446 g/mol. The molecule has 0 fully saturated rings. The zero-order valence-corrected chi connectivity index (χ0v) is 19.3. The molecule has 0 aliphatic heterocycles. The molecule has 4 rings (SSSR count). The Morgan fingerprint density at radius 3 is 2.40 bits per heavy atom. The predicted molar refractivity (Wildman–Crippen MR) is 130 cm³/mol. The molecule has 2 aromatic heterocycles. The van der Waals surface area contributed by atoms with E-state index in [9.17, 15) is 4.79 Å². The number of nitrogens with zero attached hydrogens (tertiary/aromatic N) is 3. The molecule has 2 heterocycles. The molecule has 4 aromatic rings. The van der Waals surface area contributed by atoms with E-state index in [1.807, 2.05) is 73.7 Å². The van der Waals surface area contributed by atoms with Gasteiger partial charge in [-0.15, -0.1) is 0 Å². The lowest BCUT2D eigenvalue weighted by Gasteiger charge is -2.07. The lowest BCUT2D eigenvalue weighted by Crippen LogP contribution is -2.06. The highest BCUT2D eigenvalue weighted by Crippen LogP contribution is 2.22. The Balaban J connectivity index is 1.32. The third kappa shape index (κ3) is 6.77. The molecule has 0 atom stereocenters. The quantitative estimate of drug-likeness (QED) is 0.230. The fourth-order valence-corrected chi connectivity index (χ4v) is 3.27. The van der Waals surface area contributed by atoms with E-state index < -0.39 is 5.97 Å². The minimum Gasteiger partial charge on any atom is -0.481 e. The molecule has 0 bridgehead atoms. The van der Waals surface area contributed by atoms with Gasteiger partial charge in [0.1, 0.15) is 24.7 Å². The average Bonchev–Trinajstić information content (AvgIpc) is 3.27. The number of rotatable bonds is 11. The van der Waals surface area contributed by atoms with Crippen LogP contribution in [0.1, 0.15) is 35.4 Å². The van der Waals surface area contributed by atoms with E-state index in [0.29, 0.717) is 28.9 Å². The molecule has 35 heavy (non-hydrogen) atoms. The van der Waals surface area contributed by atoms with E-state index in [0.717, 1.165) is 16.7 Å². The van der Waals surface area contributed by atoms with Crippen molar-refractivity contribution >= 4 is 11.7 Å². The number of aromatic nitrogens is 2. The Morgan fingerprint density at radius 2 is 1.71 bits per heavy atom. The van der Waals surface area contributed by atoms with Crippen LogP contribution in [0.15, 0.2) is 88.6 Å². The van der Waals surface area contributed by atoms with Gasteiger partial charge < -0.3 is 19.1 Å². The lowest BCUT2D eigenvalue weighted by molar-refractivity contribution is -0.136. The van der Waals surface area contributed by atoms with Gasteiger partial charge in [0.15, 0.2) is 0 Å². The summed E-state index contributed by atoms with van der Waals surface area (Å²) in [6, 6.07) is 22.7. The number of benzene rings is 2. The Morgan fingerprint density at radius 1 is 0.971 bits per heavy atom. The number of oxazole rings is 1. The van der Waals surface area contributed by atoms with Crippen LogP contribution in [0.2, 0.25) is 0 Å². The molecule has 0 aliphatic carbocycles. The Labute approximate surface area is 202 Å². The molecule has 0 radical (unpaired) electrons. The molecule has 178 valence electrons. The third-order valence-corrected chi connectivity index (χ3v) is 5.16. The largest absolute Gasteiger partial charge is 0.481 e. The van der Waals surface area contributed by atoms with E-state index in [1.54, 1.807) is 12.3 Å². The van der Waals surface area contributed by atoms with Crippen LogP contribution >= 0.6 is 0 Å². The number of aliphatic carboxylic acids is 1. The first-order chi connectivity index (χ1) is 17.1. The normalized spacial score (nSPS) is 11.3. The van der Waals surface area contributed by atoms with E-state index in [-0.39, 0.29) is 26.1 Å². The minimum absolute atomic E-state index is 0.0253.